The van der Waals surface area contributed by atoms with Gasteiger partial charge < -0.3 is 15.0 Å². The van der Waals surface area contributed by atoms with E-state index in [9.17, 15) is 19.7 Å². The largest absolute Gasteiger partial charge is 0.456 e. The van der Waals surface area contributed by atoms with Gasteiger partial charge in [-0.25, -0.2) is 4.79 Å². The lowest BCUT2D eigenvalue weighted by atomic mass is 10.0. The summed E-state index contributed by atoms with van der Waals surface area (Å²) in [5.74, 6) is -0.959. The molecule has 0 aliphatic rings. The highest BCUT2D eigenvalue weighted by atomic mass is 16.6. The first-order valence-electron chi connectivity index (χ1n) is 9.12. The first-order chi connectivity index (χ1) is 13.8. The normalized spacial score (nSPS) is 12.9. The van der Waals surface area contributed by atoms with Gasteiger partial charge in [0.2, 0.25) is 5.91 Å². The van der Waals surface area contributed by atoms with Gasteiger partial charge in [-0.2, -0.15) is 0 Å². The molecule has 0 saturated carbocycles. The Hall–Kier alpha value is -3.68. The number of esters is 1. The third-order valence-corrected chi connectivity index (χ3v) is 4.60. The minimum atomic E-state index is -0.882. The van der Waals surface area contributed by atoms with Crippen LogP contribution in [0.4, 0.5) is 5.69 Å². The van der Waals surface area contributed by atoms with E-state index in [0.29, 0.717) is 5.56 Å². The third-order valence-electron chi connectivity index (χ3n) is 4.60. The molecule has 150 valence electrons. The number of fused-ring (bicyclic) bond motifs is 1. The molecule has 3 rings (SSSR count). The number of ether oxygens (including phenoxy) is 1. The first-order valence-corrected chi connectivity index (χ1v) is 9.12. The summed E-state index contributed by atoms with van der Waals surface area (Å²) in [7, 11) is 0. The Morgan fingerprint density at radius 3 is 2.69 bits per heavy atom. The second-order valence-electron chi connectivity index (χ2n) is 6.75. The number of nitro groups is 1. The SMILES string of the molecule is CC(=O)N[C@@H](Cc1c[nH]c2ccccc12)C(=O)O[C@H](C)c1cccc([N+](=O)[O-])c1. The van der Waals surface area contributed by atoms with Crippen LogP contribution in [0.25, 0.3) is 10.9 Å². The Kier molecular flexibility index (Phi) is 5.92. The molecule has 0 aliphatic carbocycles. The Labute approximate surface area is 167 Å². The van der Waals surface area contributed by atoms with Crippen molar-refractivity contribution >= 4 is 28.5 Å². The molecule has 0 saturated heterocycles. The average molecular weight is 395 g/mol. The zero-order chi connectivity index (χ0) is 21.0. The van der Waals surface area contributed by atoms with Crippen LogP contribution in [0.5, 0.6) is 0 Å². The maximum atomic E-state index is 12.8. The maximum absolute atomic E-state index is 12.8. The minimum absolute atomic E-state index is 0.0809. The number of benzene rings is 2. The molecule has 1 aromatic heterocycles. The lowest BCUT2D eigenvalue weighted by Crippen LogP contribution is -2.42. The fourth-order valence-corrected chi connectivity index (χ4v) is 3.17. The summed E-state index contributed by atoms with van der Waals surface area (Å²) < 4.78 is 5.51. The van der Waals surface area contributed by atoms with Crippen LogP contribution in [0, 0.1) is 10.1 Å². The molecule has 0 spiro atoms. The summed E-state index contributed by atoms with van der Waals surface area (Å²) in [6.07, 6.45) is 1.35. The topological polar surface area (TPSA) is 114 Å². The zero-order valence-corrected chi connectivity index (χ0v) is 16.0. The number of nitrogens with one attached hydrogen (secondary N) is 2. The number of H-pyrrole nitrogens is 1. The number of rotatable bonds is 7. The van der Waals surface area contributed by atoms with Gasteiger partial charge in [0.05, 0.1) is 4.92 Å². The van der Waals surface area contributed by atoms with Crippen LogP contribution in [-0.4, -0.2) is 27.8 Å². The van der Waals surface area contributed by atoms with Crippen molar-refractivity contribution in [3.05, 3.63) is 76.0 Å². The van der Waals surface area contributed by atoms with E-state index in [0.717, 1.165) is 16.5 Å². The summed E-state index contributed by atoms with van der Waals surface area (Å²) in [6, 6.07) is 12.7. The molecule has 0 radical (unpaired) electrons. The highest BCUT2D eigenvalue weighted by Crippen LogP contribution is 2.23. The molecular weight excluding hydrogens is 374 g/mol. The monoisotopic (exact) mass is 395 g/mol. The Morgan fingerprint density at radius 2 is 1.97 bits per heavy atom. The van der Waals surface area contributed by atoms with Gasteiger partial charge in [-0.1, -0.05) is 30.3 Å². The Morgan fingerprint density at radius 1 is 1.21 bits per heavy atom. The van der Waals surface area contributed by atoms with Crippen LogP contribution < -0.4 is 5.32 Å². The molecule has 1 amide bonds. The number of nitrogens with zero attached hydrogens (tertiary/aromatic N) is 1. The predicted molar refractivity (Wildman–Crippen MR) is 107 cm³/mol. The first kappa shape index (κ1) is 20.1. The van der Waals surface area contributed by atoms with Crippen molar-refractivity contribution in [1.82, 2.24) is 10.3 Å². The van der Waals surface area contributed by atoms with E-state index in [1.807, 2.05) is 24.3 Å². The standard InChI is InChI=1S/C21H21N3O5/c1-13(15-6-5-7-17(10-15)24(27)28)29-21(26)20(23-14(2)25)11-16-12-22-19-9-4-3-8-18(16)19/h3-10,12-13,20,22H,11H2,1-2H3,(H,23,25)/t13-,20+/m1/s1. The maximum Gasteiger partial charge on any atom is 0.329 e. The quantitative estimate of drug-likeness (QED) is 0.361. The minimum Gasteiger partial charge on any atom is -0.456 e. The Bertz CT molecular complexity index is 1060. The molecule has 2 N–H and O–H groups in total. The zero-order valence-electron chi connectivity index (χ0n) is 16.0. The summed E-state index contributed by atoms with van der Waals surface area (Å²) in [6.45, 7) is 2.97. The molecule has 8 heteroatoms. The van der Waals surface area contributed by atoms with Gasteiger partial charge in [0.25, 0.3) is 5.69 Å². The van der Waals surface area contributed by atoms with E-state index in [2.05, 4.69) is 10.3 Å². The number of carbonyl (C=O) groups excluding carboxylic acids is 2. The molecule has 0 unspecified atom stereocenters. The van der Waals surface area contributed by atoms with Gasteiger partial charge in [0, 0.05) is 42.6 Å². The van der Waals surface area contributed by atoms with Crippen LogP contribution in [0.15, 0.2) is 54.7 Å². The fourth-order valence-electron chi connectivity index (χ4n) is 3.17. The number of nitro benzene ring substituents is 1. The van der Waals surface area contributed by atoms with Crippen LogP contribution >= 0.6 is 0 Å². The van der Waals surface area contributed by atoms with Gasteiger partial charge in [0.1, 0.15) is 12.1 Å². The average Bonchev–Trinajstić information content (AvgIpc) is 3.10. The van der Waals surface area contributed by atoms with E-state index in [1.165, 1.54) is 25.1 Å². The van der Waals surface area contributed by atoms with Crippen LogP contribution in [-0.2, 0) is 20.7 Å². The van der Waals surface area contributed by atoms with E-state index in [1.54, 1.807) is 19.2 Å². The summed E-state index contributed by atoms with van der Waals surface area (Å²) in [5.41, 5.74) is 2.23. The number of hydrogen-bond acceptors (Lipinski definition) is 5. The van der Waals surface area contributed by atoms with Gasteiger partial charge >= 0.3 is 5.97 Å². The molecule has 0 bridgehead atoms. The Balaban J connectivity index is 1.77. The number of aromatic amines is 1. The van der Waals surface area contributed by atoms with Crippen molar-refractivity contribution < 1.29 is 19.2 Å². The lowest BCUT2D eigenvalue weighted by molar-refractivity contribution is -0.385. The van der Waals surface area contributed by atoms with Gasteiger partial charge in [-0.15, -0.1) is 0 Å². The van der Waals surface area contributed by atoms with Crippen LogP contribution in [0.2, 0.25) is 0 Å². The van der Waals surface area contributed by atoms with Crippen molar-refractivity contribution in [2.45, 2.75) is 32.4 Å². The van der Waals surface area contributed by atoms with Gasteiger partial charge in [-0.3, -0.25) is 14.9 Å². The molecule has 1 heterocycles. The highest BCUT2D eigenvalue weighted by Gasteiger charge is 2.25. The molecule has 2 aromatic carbocycles. The number of amides is 1. The fraction of sp³-hybridized carbons (Fsp3) is 0.238. The lowest BCUT2D eigenvalue weighted by Gasteiger charge is -2.20. The van der Waals surface area contributed by atoms with Crippen molar-refractivity contribution in [1.29, 1.82) is 0 Å². The second kappa shape index (κ2) is 8.55. The van der Waals surface area contributed by atoms with Gasteiger partial charge in [0.15, 0.2) is 0 Å². The molecule has 8 nitrogen and oxygen atoms in total. The van der Waals surface area contributed by atoms with Crippen molar-refractivity contribution in [2.75, 3.05) is 0 Å². The number of non-ortho nitro benzene ring substituents is 1. The van der Waals surface area contributed by atoms with Crippen LogP contribution in [0.1, 0.15) is 31.1 Å². The van der Waals surface area contributed by atoms with E-state index in [-0.39, 0.29) is 18.0 Å². The highest BCUT2D eigenvalue weighted by molar-refractivity contribution is 5.86. The van der Waals surface area contributed by atoms with E-state index >= 15 is 0 Å². The van der Waals surface area contributed by atoms with Gasteiger partial charge in [-0.05, 0) is 24.1 Å². The molecule has 29 heavy (non-hydrogen) atoms. The molecule has 0 fully saturated rings. The van der Waals surface area contributed by atoms with E-state index in [4.69, 9.17) is 4.74 Å². The molecule has 3 aromatic rings. The predicted octanol–water partition coefficient (Wildman–Crippen LogP) is 3.43. The summed E-state index contributed by atoms with van der Waals surface area (Å²) in [4.78, 5) is 38.0. The smallest absolute Gasteiger partial charge is 0.329 e. The second-order valence-corrected chi connectivity index (χ2v) is 6.75. The number of aromatic nitrogens is 1. The van der Waals surface area contributed by atoms with Crippen molar-refractivity contribution in [2.24, 2.45) is 0 Å². The summed E-state index contributed by atoms with van der Waals surface area (Å²) >= 11 is 0. The van der Waals surface area contributed by atoms with Crippen LogP contribution in [0.3, 0.4) is 0 Å². The molecule has 0 aliphatic heterocycles. The summed E-state index contributed by atoms with van der Waals surface area (Å²) in [5, 5.41) is 14.6. The third kappa shape index (κ3) is 4.78. The van der Waals surface area contributed by atoms with Crippen molar-refractivity contribution in [3.8, 4) is 0 Å². The number of carbonyl (C=O) groups is 2. The number of para-hydroxylation sites is 1. The molecular formula is C21H21N3O5. The van der Waals surface area contributed by atoms with E-state index < -0.39 is 23.0 Å². The molecule has 2 atom stereocenters. The number of hydrogen-bond donors (Lipinski definition) is 2. The van der Waals surface area contributed by atoms with Crippen molar-refractivity contribution in [3.63, 3.8) is 0 Å².